The van der Waals surface area contributed by atoms with E-state index < -0.39 is 18.0 Å². The van der Waals surface area contributed by atoms with E-state index in [9.17, 15) is 9.90 Å². The first kappa shape index (κ1) is 8.26. The second kappa shape index (κ2) is 2.85. The maximum Gasteiger partial charge on any atom is 0.313 e. The first-order valence-electron chi connectivity index (χ1n) is 4.19. The molecular weight excluding hydrogens is 168 g/mol. The van der Waals surface area contributed by atoms with Gasteiger partial charge in [-0.1, -0.05) is 24.3 Å². The van der Waals surface area contributed by atoms with Gasteiger partial charge in [-0.05, 0) is 17.5 Å². The molecule has 3 nitrogen and oxygen atoms in total. The highest BCUT2D eigenvalue weighted by atomic mass is 16.4. The Bertz CT molecular complexity index is 346. The number of carboxylic acid groups (broad SMARTS) is 1. The second-order valence-corrected chi connectivity index (χ2v) is 3.29. The number of aliphatic carboxylic acids is 1. The molecule has 13 heavy (non-hydrogen) atoms. The normalized spacial score (nSPS) is 25.6. The molecule has 0 bridgehead atoms. The molecule has 0 spiro atoms. The van der Waals surface area contributed by atoms with Crippen LogP contribution in [-0.4, -0.2) is 22.3 Å². The minimum Gasteiger partial charge on any atom is -0.481 e. The number of hydrogen-bond donors (Lipinski definition) is 2. The van der Waals surface area contributed by atoms with Crippen LogP contribution in [0, 0.1) is 0 Å². The number of rotatable bonds is 1. The van der Waals surface area contributed by atoms with Gasteiger partial charge < -0.3 is 10.2 Å². The Balaban J connectivity index is 2.46. The van der Waals surface area contributed by atoms with Gasteiger partial charge in [0.1, 0.15) is 5.92 Å². The van der Waals surface area contributed by atoms with Gasteiger partial charge in [-0.15, -0.1) is 0 Å². The van der Waals surface area contributed by atoms with Crippen molar-refractivity contribution in [1.82, 2.24) is 0 Å². The van der Waals surface area contributed by atoms with Gasteiger partial charge >= 0.3 is 5.97 Å². The van der Waals surface area contributed by atoms with E-state index in [2.05, 4.69) is 0 Å². The van der Waals surface area contributed by atoms with Gasteiger partial charge in [-0.2, -0.15) is 0 Å². The molecule has 1 aliphatic carbocycles. The van der Waals surface area contributed by atoms with Crippen LogP contribution in [0.3, 0.4) is 0 Å². The summed E-state index contributed by atoms with van der Waals surface area (Å²) in [4.78, 5) is 10.8. The van der Waals surface area contributed by atoms with Crippen LogP contribution < -0.4 is 0 Å². The van der Waals surface area contributed by atoms with Gasteiger partial charge in [0, 0.05) is 0 Å². The van der Waals surface area contributed by atoms with E-state index in [1.54, 1.807) is 12.1 Å². The van der Waals surface area contributed by atoms with Gasteiger partial charge in [0.2, 0.25) is 0 Å². The van der Waals surface area contributed by atoms with Crippen molar-refractivity contribution >= 4 is 5.97 Å². The second-order valence-electron chi connectivity index (χ2n) is 3.29. The number of carbonyl (C=O) groups is 1. The van der Waals surface area contributed by atoms with Crippen molar-refractivity contribution < 1.29 is 15.0 Å². The van der Waals surface area contributed by atoms with E-state index in [0.717, 1.165) is 11.1 Å². The van der Waals surface area contributed by atoms with Crippen LogP contribution in [0.4, 0.5) is 0 Å². The van der Waals surface area contributed by atoms with Crippen LogP contribution in [0.5, 0.6) is 0 Å². The van der Waals surface area contributed by atoms with E-state index in [1.807, 2.05) is 12.1 Å². The third kappa shape index (κ3) is 1.21. The Labute approximate surface area is 75.6 Å². The molecule has 68 valence electrons. The lowest BCUT2D eigenvalue weighted by molar-refractivity contribution is -0.141. The highest BCUT2D eigenvalue weighted by molar-refractivity contribution is 5.78. The third-order valence-electron chi connectivity index (χ3n) is 2.47. The van der Waals surface area contributed by atoms with Crippen LogP contribution in [-0.2, 0) is 11.2 Å². The number of benzene rings is 1. The minimum absolute atomic E-state index is 0.452. The lowest BCUT2D eigenvalue weighted by Gasteiger charge is -2.09. The zero-order valence-corrected chi connectivity index (χ0v) is 6.97. The molecular formula is C10H10O3. The van der Waals surface area contributed by atoms with Gasteiger partial charge in [0.05, 0.1) is 6.10 Å². The maximum absolute atomic E-state index is 10.8. The molecule has 1 aromatic carbocycles. The summed E-state index contributed by atoms with van der Waals surface area (Å²) in [5.41, 5.74) is 1.70. The maximum atomic E-state index is 10.8. The van der Waals surface area contributed by atoms with Gasteiger partial charge in [-0.25, -0.2) is 0 Å². The zero-order chi connectivity index (χ0) is 9.42. The van der Waals surface area contributed by atoms with E-state index in [1.165, 1.54) is 0 Å². The van der Waals surface area contributed by atoms with Crippen molar-refractivity contribution in [1.29, 1.82) is 0 Å². The molecule has 1 aromatic rings. The predicted octanol–water partition coefficient (Wildman–Crippen LogP) is 0.772. The van der Waals surface area contributed by atoms with Crippen LogP contribution in [0.15, 0.2) is 24.3 Å². The Morgan fingerprint density at radius 3 is 2.77 bits per heavy atom. The van der Waals surface area contributed by atoms with Gasteiger partial charge in [0.25, 0.3) is 0 Å². The third-order valence-corrected chi connectivity index (χ3v) is 2.47. The molecule has 0 aliphatic heterocycles. The Hall–Kier alpha value is -1.35. The van der Waals surface area contributed by atoms with Crippen LogP contribution in [0.25, 0.3) is 0 Å². The largest absolute Gasteiger partial charge is 0.481 e. The SMILES string of the molecule is O=C(O)[C@@H]1c2ccccc2C[C@@H]1O. The highest BCUT2D eigenvalue weighted by Gasteiger charge is 2.35. The quantitative estimate of drug-likeness (QED) is 0.667. The molecule has 0 heterocycles. The first-order valence-corrected chi connectivity index (χ1v) is 4.19. The van der Waals surface area contributed by atoms with Crippen LogP contribution in [0.2, 0.25) is 0 Å². The van der Waals surface area contributed by atoms with E-state index in [-0.39, 0.29) is 0 Å². The zero-order valence-electron chi connectivity index (χ0n) is 6.97. The molecule has 2 N–H and O–H groups in total. The lowest BCUT2D eigenvalue weighted by Crippen LogP contribution is -2.21. The fourth-order valence-electron chi connectivity index (χ4n) is 1.87. The van der Waals surface area contributed by atoms with Crippen LogP contribution in [0.1, 0.15) is 17.0 Å². The molecule has 0 saturated carbocycles. The molecule has 0 saturated heterocycles. The van der Waals surface area contributed by atoms with Crippen molar-refractivity contribution in [3.05, 3.63) is 35.4 Å². The molecule has 0 unspecified atom stereocenters. The number of hydrogen-bond acceptors (Lipinski definition) is 2. The molecule has 0 fully saturated rings. The standard InChI is InChI=1S/C10H10O3/c11-8-5-6-3-1-2-4-7(6)9(8)10(12)13/h1-4,8-9,11H,5H2,(H,12,13)/t8-,9+/m0/s1. The summed E-state index contributed by atoms with van der Waals surface area (Å²) in [6.45, 7) is 0. The minimum atomic E-state index is -0.947. The van der Waals surface area contributed by atoms with Crippen molar-refractivity contribution in [3.8, 4) is 0 Å². The molecule has 2 rings (SSSR count). The van der Waals surface area contributed by atoms with Gasteiger partial charge in [-0.3, -0.25) is 4.79 Å². The summed E-state index contributed by atoms with van der Waals surface area (Å²) >= 11 is 0. The van der Waals surface area contributed by atoms with E-state index >= 15 is 0 Å². The lowest BCUT2D eigenvalue weighted by atomic mass is 10.0. The fourth-order valence-corrected chi connectivity index (χ4v) is 1.87. The van der Waals surface area contributed by atoms with Crippen molar-refractivity contribution in [2.75, 3.05) is 0 Å². The fraction of sp³-hybridized carbons (Fsp3) is 0.300. The summed E-state index contributed by atoms with van der Waals surface area (Å²) in [6, 6.07) is 7.29. The average molecular weight is 178 g/mol. The number of aliphatic hydroxyl groups excluding tert-OH is 1. The number of carboxylic acids is 1. The average Bonchev–Trinajstić information content (AvgIpc) is 2.39. The topological polar surface area (TPSA) is 57.5 Å². The summed E-state index contributed by atoms with van der Waals surface area (Å²) in [6.07, 6.45) is -0.317. The molecule has 1 aliphatic rings. The molecule has 2 atom stereocenters. The molecule has 0 aromatic heterocycles. The molecule has 0 radical (unpaired) electrons. The van der Waals surface area contributed by atoms with E-state index in [0.29, 0.717) is 6.42 Å². The highest BCUT2D eigenvalue weighted by Crippen LogP contribution is 2.33. The Morgan fingerprint density at radius 1 is 1.38 bits per heavy atom. The Morgan fingerprint density at radius 2 is 2.08 bits per heavy atom. The van der Waals surface area contributed by atoms with Gasteiger partial charge in [0.15, 0.2) is 0 Å². The Kier molecular flexibility index (Phi) is 1.81. The first-order chi connectivity index (χ1) is 6.20. The van der Waals surface area contributed by atoms with Crippen molar-refractivity contribution in [2.45, 2.75) is 18.4 Å². The van der Waals surface area contributed by atoms with Crippen LogP contribution >= 0.6 is 0 Å². The smallest absolute Gasteiger partial charge is 0.313 e. The number of fused-ring (bicyclic) bond motifs is 1. The summed E-state index contributed by atoms with van der Waals surface area (Å²) in [5, 5.41) is 18.4. The monoisotopic (exact) mass is 178 g/mol. The predicted molar refractivity (Wildman–Crippen MR) is 46.5 cm³/mol. The summed E-state index contributed by atoms with van der Waals surface area (Å²) in [7, 11) is 0. The molecule has 3 heteroatoms. The summed E-state index contributed by atoms with van der Waals surface area (Å²) < 4.78 is 0. The summed E-state index contributed by atoms with van der Waals surface area (Å²) in [5.74, 6) is -1.69. The molecule has 0 amide bonds. The van der Waals surface area contributed by atoms with E-state index in [4.69, 9.17) is 5.11 Å². The van der Waals surface area contributed by atoms with Crippen molar-refractivity contribution in [3.63, 3.8) is 0 Å². The number of aliphatic hydroxyl groups is 1. The van der Waals surface area contributed by atoms with Crippen molar-refractivity contribution in [2.24, 2.45) is 0 Å².